The van der Waals surface area contributed by atoms with Gasteiger partial charge < -0.3 is 19.3 Å². The number of hydrogen-bond acceptors (Lipinski definition) is 5. The van der Waals surface area contributed by atoms with Crippen LogP contribution < -0.4 is 5.73 Å². The van der Waals surface area contributed by atoms with Crippen LogP contribution in [-0.4, -0.2) is 65.7 Å². The van der Waals surface area contributed by atoms with E-state index in [1.165, 1.54) is 5.56 Å². The summed E-state index contributed by atoms with van der Waals surface area (Å²) in [5.41, 5.74) is 7.21. The fourth-order valence-corrected chi connectivity index (χ4v) is 9.02. The van der Waals surface area contributed by atoms with Gasteiger partial charge in [0.1, 0.15) is 5.22 Å². The van der Waals surface area contributed by atoms with E-state index in [9.17, 15) is 0 Å². The van der Waals surface area contributed by atoms with Crippen molar-refractivity contribution in [3.05, 3.63) is 42.0 Å². The van der Waals surface area contributed by atoms with Crippen LogP contribution in [0.2, 0.25) is 6.04 Å². The highest BCUT2D eigenvalue weighted by molar-refractivity contribution is 6.71. The minimum atomic E-state index is -2.52. The van der Waals surface area contributed by atoms with E-state index < -0.39 is 8.56 Å². The Morgan fingerprint density at radius 1 is 1.21 bits per heavy atom. The summed E-state index contributed by atoms with van der Waals surface area (Å²) in [4.78, 5) is 2.47. The fourth-order valence-electron chi connectivity index (χ4n) is 4.89. The Bertz CT molecular complexity index is 595. The molecule has 1 aliphatic rings. The number of methoxy groups -OCH3 is 1. The number of ether oxygens (including phenoxy) is 1. The van der Waals surface area contributed by atoms with Gasteiger partial charge in [-0.25, -0.2) is 0 Å². The first kappa shape index (κ1) is 23.3. The first-order valence-electron chi connectivity index (χ1n) is 10.4. The fraction of sp³-hybridized carbons (Fsp3) is 0.636. The van der Waals surface area contributed by atoms with Gasteiger partial charge in [-0.3, -0.25) is 4.90 Å². The number of benzene rings is 1. The van der Waals surface area contributed by atoms with Gasteiger partial charge in [-0.05, 0) is 30.9 Å². The lowest BCUT2D eigenvalue weighted by Crippen LogP contribution is -2.73. The summed E-state index contributed by atoms with van der Waals surface area (Å²) in [7, 11) is 2.90. The molecule has 0 spiro atoms. The van der Waals surface area contributed by atoms with Crippen LogP contribution in [0.25, 0.3) is 6.08 Å². The van der Waals surface area contributed by atoms with Gasteiger partial charge in [0, 0.05) is 47.0 Å². The summed E-state index contributed by atoms with van der Waals surface area (Å²) in [6.45, 7) is 4.50. The Labute approximate surface area is 172 Å². The maximum absolute atomic E-state index is 6.33. The quantitative estimate of drug-likeness (QED) is 0.569. The molecule has 0 saturated carbocycles. The van der Waals surface area contributed by atoms with Crippen molar-refractivity contribution >= 4 is 14.6 Å². The monoisotopic (exact) mass is 406 g/mol. The highest BCUT2D eigenvalue weighted by atomic mass is 28.4. The summed E-state index contributed by atoms with van der Waals surface area (Å²) in [6.07, 6.45) is 8.55. The molecule has 158 valence electrons. The molecule has 1 saturated heterocycles. The molecular weight excluding hydrogens is 368 g/mol. The molecule has 1 aromatic carbocycles. The summed E-state index contributed by atoms with van der Waals surface area (Å²) >= 11 is 0. The van der Waals surface area contributed by atoms with Crippen LogP contribution in [0.3, 0.4) is 0 Å². The molecule has 28 heavy (non-hydrogen) atoms. The molecule has 0 aromatic heterocycles. The highest BCUT2D eigenvalue weighted by Gasteiger charge is 2.64. The zero-order valence-corrected chi connectivity index (χ0v) is 19.0. The third kappa shape index (κ3) is 4.75. The normalized spacial score (nSPS) is 24.9. The van der Waals surface area contributed by atoms with Crippen LogP contribution in [0.5, 0.6) is 0 Å². The van der Waals surface area contributed by atoms with E-state index in [1.54, 1.807) is 14.2 Å². The Balaban J connectivity index is 2.31. The van der Waals surface area contributed by atoms with Crippen molar-refractivity contribution < 1.29 is 13.6 Å². The summed E-state index contributed by atoms with van der Waals surface area (Å²) in [6, 6.07) is 11.6. The van der Waals surface area contributed by atoms with E-state index in [2.05, 4.69) is 48.2 Å². The van der Waals surface area contributed by atoms with Gasteiger partial charge in [-0.15, -0.1) is 0 Å². The predicted molar refractivity (Wildman–Crippen MR) is 118 cm³/mol. The SMILES string of the molecule is CCCC1(OC)C(N(CC=Cc2ccccc2)CCN)CCC[Si]1(OC)OC. The Kier molecular flexibility index (Phi) is 9.33. The van der Waals surface area contributed by atoms with Crippen LogP contribution in [0, 0.1) is 0 Å². The second-order valence-corrected chi connectivity index (χ2v) is 11.2. The second kappa shape index (κ2) is 11.2. The molecule has 6 heteroatoms. The Morgan fingerprint density at radius 3 is 2.50 bits per heavy atom. The number of hydrogen-bond donors (Lipinski definition) is 1. The average molecular weight is 407 g/mol. The van der Waals surface area contributed by atoms with Crippen molar-refractivity contribution in [2.75, 3.05) is 41.0 Å². The molecular formula is C22H38N2O3Si. The highest BCUT2D eigenvalue weighted by Crippen LogP contribution is 2.45. The summed E-state index contributed by atoms with van der Waals surface area (Å²) < 4.78 is 18.6. The standard InChI is InChI=1S/C22H38N2O3Si/c1-5-15-22(25-2)21(14-10-19-28(22,26-3)27-4)24(18-16-23)17-9-13-20-11-7-6-8-12-20/h6-9,11-13,21H,5,10,14-19,23H2,1-4H3. The minimum absolute atomic E-state index is 0.238. The van der Waals surface area contributed by atoms with Crippen molar-refractivity contribution in [3.8, 4) is 0 Å². The minimum Gasteiger partial charge on any atom is -0.396 e. The van der Waals surface area contributed by atoms with Gasteiger partial charge in [0.05, 0.1) is 0 Å². The van der Waals surface area contributed by atoms with Crippen molar-refractivity contribution in [3.63, 3.8) is 0 Å². The third-order valence-electron chi connectivity index (χ3n) is 6.12. The molecule has 2 unspecified atom stereocenters. The van der Waals surface area contributed by atoms with Gasteiger partial charge in [-0.2, -0.15) is 0 Å². The lowest BCUT2D eigenvalue weighted by Gasteiger charge is -2.55. The van der Waals surface area contributed by atoms with E-state index in [-0.39, 0.29) is 11.3 Å². The summed E-state index contributed by atoms with van der Waals surface area (Å²) in [5, 5.41) is -0.390. The molecule has 1 heterocycles. The van der Waals surface area contributed by atoms with Crippen LogP contribution >= 0.6 is 0 Å². The largest absolute Gasteiger partial charge is 0.396 e. The topological polar surface area (TPSA) is 57.0 Å². The molecule has 5 nitrogen and oxygen atoms in total. The van der Waals surface area contributed by atoms with E-state index in [1.807, 2.05) is 13.2 Å². The molecule has 2 atom stereocenters. The molecule has 1 fully saturated rings. The average Bonchev–Trinajstić information content (AvgIpc) is 2.74. The van der Waals surface area contributed by atoms with E-state index in [4.69, 9.17) is 19.3 Å². The van der Waals surface area contributed by atoms with Crippen molar-refractivity contribution in [2.45, 2.75) is 49.9 Å². The van der Waals surface area contributed by atoms with Crippen molar-refractivity contribution in [1.29, 1.82) is 0 Å². The smallest absolute Gasteiger partial charge is 0.372 e. The lowest BCUT2D eigenvalue weighted by molar-refractivity contribution is -0.0709. The van der Waals surface area contributed by atoms with E-state index in [0.717, 1.165) is 44.8 Å². The maximum atomic E-state index is 6.33. The molecule has 2 N–H and O–H groups in total. The molecule has 0 aliphatic carbocycles. The van der Waals surface area contributed by atoms with E-state index >= 15 is 0 Å². The molecule has 0 radical (unpaired) electrons. The Hall–Kier alpha value is -1.02. The predicted octanol–water partition coefficient (Wildman–Crippen LogP) is 3.58. The summed E-state index contributed by atoms with van der Waals surface area (Å²) in [5.74, 6) is 0. The van der Waals surface area contributed by atoms with Crippen LogP contribution in [0.1, 0.15) is 38.2 Å². The van der Waals surface area contributed by atoms with Gasteiger partial charge in [-0.1, -0.05) is 55.8 Å². The van der Waals surface area contributed by atoms with Crippen LogP contribution in [0.4, 0.5) is 0 Å². The van der Waals surface area contributed by atoms with Crippen molar-refractivity contribution in [2.24, 2.45) is 5.73 Å². The van der Waals surface area contributed by atoms with Gasteiger partial charge in [0.25, 0.3) is 0 Å². The van der Waals surface area contributed by atoms with Crippen molar-refractivity contribution in [1.82, 2.24) is 4.90 Å². The Morgan fingerprint density at radius 2 is 1.93 bits per heavy atom. The van der Waals surface area contributed by atoms with Gasteiger partial charge in [0.15, 0.2) is 0 Å². The number of nitrogens with two attached hydrogens (primary N) is 1. The van der Waals surface area contributed by atoms with E-state index in [0.29, 0.717) is 6.54 Å². The first-order valence-corrected chi connectivity index (χ1v) is 12.5. The van der Waals surface area contributed by atoms with Gasteiger partial charge >= 0.3 is 8.56 Å². The number of rotatable bonds is 11. The number of nitrogens with zero attached hydrogens (tertiary/aromatic N) is 1. The molecule has 1 aromatic rings. The molecule has 1 aliphatic heterocycles. The molecule has 0 amide bonds. The second-order valence-electron chi connectivity index (χ2n) is 7.51. The zero-order valence-electron chi connectivity index (χ0n) is 18.0. The van der Waals surface area contributed by atoms with Crippen LogP contribution in [0.15, 0.2) is 36.4 Å². The zero-order chi connectivity index (χ0) is 20.5. The maximum Gasteiger partial charge on any atom is 0.372 e. The third-order valence-corrected chi connectivity index (χ3v) is 10.5. The lowest BCUT2D eigenvalue weighted by atomic mass is 9.97. The first-order chi connectivity index (χ1) is 13.6. The van der Waals surface area contributed by atoms with Crippen LogP contribution in [-0.2, 0) is 13.6 Å². The van der Waals surface area contributed by atoms with Gasteiger partial charge in [0.2, 0.25) is 0 Å². The molecule has 0 bridgehead atoms. The molecule has 2 rings (SSSR count).